The molecule has 0 saturated carbocycles. The highest BCUT2D eigenvalue weighted by Crippen LogP contribution is 2.20. The molecule has 0 aliphatic rings. The van der Waals surface area contributed by atoms with Crippen molar-refractivity contribution in [3.63, 3.8) is 0 Å². The van der Waals surface area contributed by atoms with Crippen LogP contribution in [0.5, 0.6) is 0 Å². The summed E-state index contributed by atoms with van der Waals surface area (Å²) in [5.41, 5.74) is 2.62. The van der Waals surface area contributed by atoms with Gasteiger partial charge < -0.3 is 5.11 Å². The maximum absolute atomic E-state index is 12.0. The molecular weight excluding hydrogens is 290 g/mol. The van der Waals surface area contributed by atoms with Gasteiger partial charge >= 0.3 is 0 Å². The molecule has 116 valence electrons. The van der Waals surface area contributed by atoms with Gasteiger partial charge in [0.2, 0.25) is 5.82 Å². The van der Waals surface area contributed by atoms with Crippen molar-refractivity contribution in [2.24, 2.45) is 4.99 Å². The van der Waals surface area contributed by atoms with E-state index in [0.29, 0.717) is 17.9 Å². The van der Waals surface area contributed by atoms with Crippen LogP contribution in [-0.2, 0) is 6.42 Å². The molecule has 3 aromatic rings. The van der Waals surface area contributed by atoms with Crippen LogP contribution in [-0.4, -0.2) is 26.5 Å². The number of nitrogens with zero attached hydrogens (tertiary/aromatic N) is 4. The second kappa shape index (κ2) is 7.31. The monoisotopic (exact) mass is 306 g/mol. The second-order valence-corrected chi connectivity index (χ2v) is 5.13. The maximum atomic E-state index is 12.0. The summed E-state index contributed by atoms with van der Waals surface area (Å²) in [6.45, 7) is 0. The number of aliphatic imine (C=N–C) groups is 1. The Morgan fingerprint density at radius 2 is 1.96 bits per heavy atom. The topological polar surface area (TPSA) is 89.9 Å². The van der Waals surface area contributed by atoms with Gasteiger partial charge in [-0.3, -0.25) is 4.99 Å². The summed E-state index contributed by atoms with van der Waals surface area (Å²) in [4.78, 5) is 4.14. The highest BCUT2D eigenvalue weighted by molar-refractivity contribution is 5.76. The number of aromatic nitrogens is 4. The van der Waals surface area contributed by atoms with Crippen LogP contribution in [0.1, 0.15) is 18.4 Å². The van der Waals surface area contributed by atoms with Gasteiger partial charge in [-0.15, -0.1) is 10.2 Å². The molecule has 0 aliphatic carbocycles. The minimum Gasteiger partial charge on any atom is -0.862 e. The molecule has 23 heavy (non-hydrogen) atoms. The molecular formula is C17H16N5O-. The Hall–Kier alpha value is -3.02. The predicted molar refractivity (Wildman–Crippen MR) is 86.1 cm³/mol. The Balaban J connectivity index is 1.61. The van der Waals surface area contributed by atoms with E-state index in [1.54, 1.807) is 12.1 Å². The van der Waals surface area contributed by atoms with Gasteiger partial charge in [-0.05, 0) is 48.1 Å². The minimum absolute atomic E-state index is 0.119. The van der Waals surface area contributed by atoms with Crippen molar-refractivity contribution in [3.8, 4) is 11.4 Å². The molecule has 0 aliphatic heterocycles. The first-order valence-corrected chi connectivity index (χ1v) is 7.43. The van der Waals surface area contributed by atoms with Gasteiger partial charge in [-0.2, -0.15) is 5.21 Å². The molecule has 1 aromatic heterocycles. The predicted octanol–water partition coefficient (Wildman–Crippen LogP) is 2.28. The fourth-order valence-corrected chi connectivity index (χ4v) is 2.29. The van der Waals surface area contributed by atoms with Crippen LogP contribution in [0.2, 0.25) is 0 Å². The van der Waals surface area contributed by atoms with Crippen LogP contribution in [0, 0.1) is 0 Å². The van der Waals surface area contributed by atoms with Crippen LogP contribution in [0.25, 0.3) is 11.4 Å². The summed E-state index contributed by atoms with van der Waals surface area (Å²) in [6, 6.07) is 17.4. The zero-order valence-electron chi connectivity index (χ0n) is 12.5. The number of aromatic amines is 1. The Bertz CT molecular complexity index is 769. The van der Waals surface area contributed by atoms with Gasteiger partial charge in [0.1, 0.15) is 0 Å². The van der Waals surface area contributed by atoms with Gasteiger partial charge in [-0.1, -0.05) is 42.5 Å². The third kappa shape index (κ3) is 4.23. The smallest absolute Gasteiger partial charge is 0.204 e. The number of benzene rings is 2. The van der Waals surface area contributed by atoms with Crippen molar-refractivity contribution in [1.82, 2.24) is 20.6 Å². The highest BCUT2D eigenvalue weighted by atomic mass is 16.3. The lowest BCUT2D eigenvalue weighted by Crippen LogP contribution is -2.16. The molecule has 3 rings (SSSR count). The fourth-order valence-electron chi connectivity index (χ4n) is 2.29. The van der Waals surface area contributed by atoms with Crippen molar-refractivity contribution in [2.45, 2.75) is 19.3 Å². The first kappa shape index (κ1) is 14.9. The van der Waals surface area contributed by atoms with E-state index in [1.807, 2.05) is 30.3 Å². The van der Waals surface area contributed by atoms with Crippen molar-refractivity contribution in [2.75, 3.05) is 0 Å². The highest BCUT2D eigenvalue weighted by Gasteiger charge is 2.02. The normalized spacial score (nSPS) is 11.6. The van der Waals surface area contributed by atoms with Crippen molar-refractivity contribution < 1.29 is 5.11 Å². The van der Waals surface area contributed by atoms with Gasteiger partial charge in [0.05, 0.1) is 5.69 Å². The summed E-state index contributed by atoms with van der Waals surface area (Å²) in [7, 11) is 0. The van der Waals surface area contributed by atoms with Gasteiger partial charge in [0.25, 0.3) is 0 Å². The van der Waals surface area contributed by atoms with E-state index < -0.39 is 0 Å². The molecule has 1 heterocycles. The van der Waals surface area contributed by atoms with Crippen LogP contribution in [0.15, 0.2) is 59.6 Å². The zero-order valence-corrected chi connectivity index (χ0v) is 12.5. The number of rotatable bonds is 6. The summed E-state index contributed by atoms with van der Waals surface area (Å²) >= 11 is 0. The minimum atomic E-state index is -0.119. The third-order valence-corrected chi connectivity index (χ3v) is 3.40. The summed E-state index contributed by atoms with van der Waals surface area (Å²) in [5, 5.41) is 25.7. The van der Waals surface area contributed by atoms with E-state index >= 15 is 0 Å². The van der Waals surface area contributed by atoms with E-state index in [9.17, 15) is 5.11 Å². The van der Waals surface area contributed by atoms with Gasteiger partial charge in [0.15, 0.2) is 0 Å². The number of aryl methyl sites for hydroxylation is 1. The molecule has 1 N–H and O–H groups in total. The Kier molecular flexibility index (Phi) is 4.73. The molecule has 0 bridgehead atoms. The van der Waals surface area contributed by atoms with Gasteiger partial charge in [0, 0.05) is 5.56 Å². The summed E-state index contributed by atoms with van der Waals surface area (Å²) < 4.78 is 0. The molecule has 0 atom stereocenters. The summed E-state index contributed by atoms with van der Waals surface area (Å²) in [5.74, 6) is 0.366. The molecule has 0 radical (unpaired) electrons. The van der Waals surface area contributed by atoms with Crippen molar-refractivity contribution in [3.05, 3.63) is 60.2 Å². The first-order valence-electron chi connectivity index (χ1n) is 7.43. The quantitative estimate of drug-likeness (QED) is 0.559. The average molecular weight is 306 g/mol. The molecule has 6 nitrogen and oxygen atoms in total. The Morgan fingerprint density at radius 1 is 1.09 bits per heavy atom. The standard InChI is InChI=1S/C17H17N5O/c23-16(11-4-8-13-6-2-1-3-7-13)18-15-10-5-9-14(12-15)17-19-21-22-20-17/h1-3,5-7,9-10,12H,4,8,11H2,(H,18,23)(H,19,20,21,22)/p-1. The molecule has 0 amide bonds. The molecule has 0 unspecified atom stereocenters. The van der Waals surface area contributed by atoms with E-state index in [1.165, 1.54) is 5.56 Å². The lowest BCUT2D eigenvalue weighted by atomic mass is 10.1. The fraction of sp³-hybridized carbons (Fsp3) is 0.176. The second-order valence-electron chi connectivity index (χ2n) is 5.13. The first-order chi connectivity index (χ1) is 11.3. The van der Waals surface area contributed by atoms with E-state index in [2.05, 4.69) is 37.7 Å². The van der Waals surface area contributed by atoms with Crippen molar-refractivity contribution in [1.29, 1.82) is 0 Å². The molecule has 0 fully saturated rings. The van der Waals surface area contributed by atoms with Crippen LogP contribution < -0.4 is 5.11 Å². The number of nitrogens with one attached hydrogen (secondary N) is 1. The number of H-pyrrole nitrogens is 1. The van der Waals surface area contributed by atoms with Crippen molar-refractivity contribution >= 4 is 11.6 Å². The Morgan fingerprint density at radius 3 is 2.74 bits per heavy atom. The Labute approximate surface area is 133 Å². The molecule has 6 heteroatoms. The van der Waals surface area contributed by atoms with Crippen LogP contribution >= 0.6 is 0 Å². The van der Waals surface area contributed by atoms with Gasteiger partial charge in [-0.25, -0.2) is 0 Å². The maximum Gasteiger partial charge on any atom is 0.204 e. The lowest BCUT2D eigenvalue weighted by molar-refractivity contribution is -0.218. The SMILES string of the molecule is [O-]C(CCCc1ccccc1)=Nc1cccc(-c2nn[nH]n2)c1. The largest absolute Gasteiger partial charge is 0.862 e. The molecule has 0 saturated heterocycles. The number of tetrazole rings is 1. The lowest BCUT2D eigenvalue weighted by Gasteiger charge is -2.10. The van der Waals surface area contributed by atoms with E-state index in [-0.39, 0.29) is 5.90 Å². The number of hydrogen-bond donors (Lipinski definition) is 1. The number of hydrogen-bond acceptors (Lipinski definition) is 5. The zero-order chi connectivity index (χ0) is 15.9. The molecule has 0 spiro atoms. The van der Waals surface area contributed by atoms with Crippen LogP contribution in [0.3, 0.4) is 0 Å². The average Bonchev–Trinajstić information content (AvgIpc) is 3.11. The van der Waals surface area contributed by atoms with Crippen LogP contribution in [0.4, 0.5) is 5.69 Å². The van der Waals surface area contributed by atoms with E-state index in [0.717, 1.165) is 18.4 Å². The van der Waals surface area contributed by atoms with E-state index in [4.69, 9.17) is 0 Å². The summed E-state index contributed by atoms with van der Waals surface area (Å²) in [6.07, 6.45) is 2.10. The molecule has 2 aromatic carbocycles. The third-order valence-electron chi connectivity index (χ3n) is 3.40.